The summed E-state index contributed by atoms with van der Waals surface area (Å²) in [4.78, 5) is 16.5. The van der Waals surface area contributed by atoms with E-state index < -0.39 is 0 Å². The van der Waals surface area contributed by atoms with Crippen LogP contribution in [0.15, 0.2) is 69.4 Å². The van der Waals surface area contributed by atoms with E-state index >= 15 is 0 Å². The van der Waals surface area contributed by atoms with Gasteiger partial charge in [-0.05, 0) is 36.2 Å². The van der Waals surface area contributed by atoms with Crippen molar-refractivity contribution in [3.05, 3.63) is 65.5 Å². The van der Waals surface area contributed by atoms with Crippen molar-refractivity contribution in [2.24, 2.45) is 5.10 Å². The van der Waals surface area contributed by atoms with Gasteiger partial charge in [0.1, 0.15) is 5.75 Å². The van der Waals surface area contributed by atoms with Gasteiger partial charge >= 0.3 is 0 Å². The molecular weight excluding hydrogens is 390 g/mol. The summed E-state index contributed by atoms with van der Waals surface area (Å²) in [5.74, 6) is 0.932. The van der Waals surface area contributed by atoms with E-state index in [4.69, 9.17) is 4.74 Å². The number of carbonyl (C=O) groups excluding carboxylic acids is 1. The average molecular weight is 412 g/mol. The molecule has 1 N–H and O–H groups in total. The Hall–Kier alpha value is -2.64. The molecule has 1 amide bonds. The molecule has 144 valence electrons. The number of ether oxygens (including phenoxy) is 1. The van der Waals surface area contributed by atoms with Crippen molar-refractivity contribution >= 4 is 35.2 Å². The molecule has 0 spiro atoms. The highest BCUT2D eigenvalue weighted by Crippen LogP contribution is 2.27. The zero-order valence-corrected chi connectivity index (χ0v) is 17.1. The molecule has 0 atom stereocenters. The van der Waals surface area contributed by atoms with Gasteiger partial charge in [-0.2, -0.15) is 5.10 Å². The molecule has 3 rings (SSSR count). The zero-order chi connectivity index (χ0) is 19.6. The minimum atomic E-state index is -0.166. The van der Waals surface area contributed by atoms with Gasteiger partial charge in [-0.1, -0.05) is 49.0 Å². The standard InChI is InChI=1S/C21H21N3O2S2/c1-2-12-26-18-10-8-16(9-11-18)13-22-24-20(25)15-28-21-23-19(14-27-21)17-6-4-3-5-7-17/h3-11,13-14H,2,12,15H2,1H3,(H,24,25)/b22-13+. The van der Waals surface area contributed by atoms with Gasteiger partial charge in [-0.3, -0.25) is 4.79 Å². The number of nitrogens with one attached hydrogen (secondary N) is 1. The molecule has 0 unspecified atom stereocenters. The summed E-state index contributed by atoms with van der Waals surface area (Å²) in [6.07, 6.45) is 2.59. The first-order valence-electron chi connectivity index (χ1n) is 8.93. The van der Waals surface area contributed by atoms with Crippen molar-refractivity contribution in [2.75, 3.05) is 12.4 Å². The van der Waals surface area contributed by atoms with Gasteiger partial charge in [0.2, 0.25) is 0 Å². The number of aromatic nitrogens is 1. The van der Waals surface area contributed by atoms with Crippen LogP contribution in [-0.4, -0.2) is 29.5 Å². The molecule has 7 heteroatoms. The van der Waals surface area contributed by atoms with Gasteiger partial charge in [0, 0.05) is 10.9 Å². The summed E-state index contributed by atoms with van der Waals surface area (Å²) in [5.41, 5.74) is 5.44. The Bertz CT molecular complexity index is 909. The van der Waals surface area contributed by atoms with Crippen LogP contribution in [0.2, 0.25) is 0 Å². The summed E-state index contributed by atoms with van der Waals surface area (Å²) < 4.78 is 6.40. The Kier molecular flexibility index (Phi) is 7.63. The second-order valence-electron chi connectivity index (χ2n) is 5.86. The van der Waals surface area contributed by atoms with Gasteiger partial charge in [0.25, 0.3) is 5.91 Å². The fourth-order valence-corrected chi connectivity index (χ4v) is 3.90. The van der Waals surface area contributed by atoms with E-state index in [0.29, 0.717) is 6.61 Å². The summed E-state index contributed by atoms with van der Waals surface area (Å²) in [7, 11) is 0. The highest BCUT2D eigenvalue weighted by atomic mass is 32.2. The van der Waals surface area contributed by atoms with Crippen LogP contribution in [0.3, 0.4) is 0 Å². The molecule has 0 aliphatic carbocycles. The fourth-order valence-electron chi connectivity index (χ4n) is 2.27. The largest absolute Gasteiger partial charge is 0.494 e. The summed E-state index contributed by atoms with van der Waals surface area (Å²) in [6, 6.07) is 17.6. The van der Waals surface area contributed by atoms with Crippen LogP contribution in [0.4, 0.5) is 0 Å². The van der Waals surface area contributed by atoms with E-state index in [1.54, 1.807) is 6.21 Å². The Morgan fingerprint density at radius 2 is 2.00 bits per heavy atom. The van der Waals surface area contributed by atoms with Crippen molar-refractivity contribution in [2.45, 2.75) is 17.7 Å². The van der Waals surface area contributed by atoms with Crippen LogP contribution >= 0.6 is 23.1 Å². The highest BCUT2D eigenvalue weighted by molar-refractivity contribution is 8.01. The normalized spacial score (nSPS) is 10.9. The maximum atomic E-state index is 12.0. The van der Waals surface area contributed by atoms with E-state index in [9.17, 15) is 4.79 Å². The van der Waals surface area contributed by atoms with Crippen LogP contribution < -0.4 is 10.2 Å². The third-order valence-corrected chi connectivity index (χ3v) is 5.66. The number of amides is 1. The molecule has 0 fully saturated rings. The Morgan fingerprint density at radius 1 is 1.21 bits per heavy atom. The predicted molar refractivity (Wildman–Crippen MR) is 116 cm³/mol. The van der Waals surface area contributed by atoms with Crippen LogP contribution in [0.25, 0.3) is 11.3 Å². The minimum Gasteiger partial charge on any atom is -0.494 e. The van der Waals surface area contributed by atoms with Crippen molar-refractivity contribution in [1.82, 2.24) is 10.4 Å². The second kappa shape index (κ2) is 10.6. The maximum Gasteiger partial charge on any atom is 0.250 e. The van der Waals surface area contributed by atoms with E-state index in [-0.39, 0.29) is 11.7 Å². The number of rotatable bonds is 9. The van der Waals surface area contributed by atoms with Gasteiger partial charge in [-0.25, -0.2) is 10.4 Å². The van der Waals surface area contributed by atoms with E-state index in [2.05, 4.69) is 22.4 Å². The molecule has 0 aliphatic heterocycles. The third-order valence-electron chi connectivity index (χ3n) is 3.64. The van der Waals surface area contributed by atoms with Gasteiger partial charge in [0.15, 0.2) is 4.34 Å². The number of nitrogens with zero attached hydrogens (tertiary/aromatic N) is 2. The molecule has 5 nitrogen and oxygen atoms in total. The maximum absolute atomic E-state index is 12.0. The second-order valence-corrected chi connectivity index (χ2v) is 7.94. The van der Waals surface area contributed by atoms with E-state index in [1.807, 2.05) is 60.0 Å². The summed E-state index contributed by atoms with van der Waals surface area (Å²) >= 11 is 2.94. The van der Waals surface area contributed by atoms with Gasteiger partial charge in [-0.15, -0.1) is 11.3 Å². The predicted octanol–water partition coefficient (Wildman–Crippen LogP) is 4.84. The Morgan fingerprint density at radius 3 is 2.75 bits per heavy atom. The minimum absolute atomic E-state index is 0.166. The number of thiazole rings is 1. The van der Waals surface area contributed by atoms with Crippen molar-refractivity contribution in [3.63, 3.8) is 0 Å². The van der Waals surface area contributed by atoms with Gasteiger partial charge < -0.3 is 4.74 Å². The zero-order valence-electron chi connectivity index (χ0n) is 15.5. The molecule has 3 aromatic rings. The quantitative estimate of drug-likeness (QED) is 0.311. The van der Waals surface area contributed by atoms with Crippen LogP contribution in [0.5, 0.6) is 5.75 Å². The Balaban J connectivity index is 1.43. The lowest BCUT2D eigenvalue weighted by atomic mass is 10.2. The lowest BCUT2D eigenvalue weighted by molar-refractivity contribution is -0.118. The monoisotopic (exact) mass is 411 g/mol. The lowest BCUT2D eigenvalue weighted by Crippen LogP contribution is -2.19. The first-order chi connectivity index (χ1) is 13.7. The molecule has 1 aromatic heterocycles. The first-order valence-corrected chi connectivity index (χ1v) is 10.8. The molecule has 2 aromatic carbocycles. The number of hydrogen-bond donors (Lipinski definition) is 1. The molecule has 28 heavy (non-hydrogen) atoms. The fraction of sp³-hybridized carbons (Fsp3) is 0.190. The van der Waals surface area contributed by atoms with E-state index in [1.165, 1.54) is 23.1 Å². The molecule has 0 saturated heterocycles. The van der Waals surface area contributed by atoms with E-state index in [0.717, 1.165) is 33.3 Å². The first kappa shape index (κ1) is 20.1. The summed E-state index contributed by atoms with van der Waals surface area (Å²) in [5, 5.41) is 6.00. The lowest BCUT2D eigenvalue weighted by Gasteiger charge is -2.03. The molecular formula is C21H21N3O2S2. The number of carbonyl (C=O) groups is 1. The number of hydrogen-bond acceptors (Lipinski definition) is 6. The van der Waals surface area contributed by atoms with Crippen LogP contribution in [0, 0.1) is 0 Å². The topological polar surface area (TPSA) is 63.6 Å². The van der Waals surface area contributed by atoms with Crippen molar-refractivity contribution in [1.29, 1.82) is 0 Å². The molecule has 0 aliphatic rings. The average Bonchev–Trinajstić information content (AvgIpc) is 3.21. The number of thioether (sulfide) groups is 1. The van der Waals surface area contributed by atoms with Crippen molar-refractivity contribution in [3.8, 4) is 17.0 Å². The smallest absolute Gasteiger partial charge is 0.250 e. The molecule has 0 saturated carbocycles. The molecule has 1 heterocycles. The number of benzene rings is 2. The number of hydrazone groups is 1. The SMILES string of the molecule is CCCOc1ccc(/C=N/NC(=O)CSc2nc(-c3ccccc3)cs2)cc1. The van der Waals surface area contributed by atoms with Gasteiger partial charge in [0.05, 0.1) is 24.3 Å². The van der Waals surface area contributed by atoms with Crippen LogP contribution in [0.1, 0.15) is 18.9 Å². The van der Waals surface area contributed by atoms with Crippen molar-refractivity contribution < 1.29 is 9.53 Å². The molecule has 0 bridgehead atoms. The van der Waals surface area contributed by atoms with Crippen LogP contribution in [-0.2, 0) is 4.79 Å². The Labute approximate surface area is 172 Å². The highest BCUT2D eigenvalue weighted by Gasteiger charge is 2.07. The summed E-state index contributed by atoms with van der Waals surface area (Å²) in [6.45, 7) is 2.77. The molecule has 0 radical (unpaired) electrons. The third kappa shape index (κ3) is 6.21.